The Morgan fingerprint density at radius 1 is 1.33 bits per heavy atom. The highest BCUT2D eigenvalue weighted by atomic mass is 35.5. The van der Waals surface area contributed by atoms with Crippen molar-refractivity contribution in [3.8, 4) is 0 Å². The Balaban J connectivity index is 1.97. The lowest BCUT2D eigenvalue weighted by Crippen LogP contribution is -2.17. The Morgan fingerprint density at radius 3 is 2.83 bits per heavy atom. The molecule has 124 valence electrons. The van der Waals surface area contributed by atoms with E-state index in [4.69, 9.17) is 16.3 Å². The first kappa shape index (κ1) is 17.6. The van der Waals surface area contributed by atoms with Gasteiger partial charge in [-0.05, 0) is 29.8 Å². The highest BCUT2D eigenvalue weighted by Crippen LogP contribution is 2.18. The summed E-state index contributed by atoms with van der Waals surface area (Å²) in [6, 6.07) is 5.43. The van der Waals surface area contributed by atoms with Crippen LogP contribution in [0, 0.1) is 5.82 Å². The summed E-state index contributed by atoms with van der Waals surface area (Å²) in [5.74, 6) is -1.33. The number of benzene rings is 1. The summed E-state index contributed by atoms with van der Waals surface area (Å²) < 4.78 is 18.0. The largest absolute Gasteiger partial charge is 0.458 e. The molecule has 0 radical (unpaired) electrons. The molecular formula is C17H14ClFN2O3. The smallest absolute Gasteiger partial charge is 0.331 e. The van der Waals surface area contributed by atoms with Gasteiger partial charge in [0.25, 0.3) is 5.91 Å². The molecule has 0 unspecified atom stereocenters. The van der Waals surface area contributed by atoms with Gasteiger partial charge in [0.2, 0.25) is 0 Å². The average molecular weight is 349 g/mol. The normalized spacial score (nSPS) is 10.6. The number of esters is 1. The van der Waals surface area contributed by atoms with Gasteiger partial charge in [-0.15, -0.1) is 0 Å². The molecular weight excluding hydrogens is 335 g/mol. The molecule has 0 saturated heterocycles. The van der Waals surface area contributed by atoms with Gasteiger partial charge in [0.15, 0.2) is 0 Å². The van der Waals surface area contributed by atoms with Gasteiger partial charge in [0, 0.05) is 31.1 Å². The maximum absolute atomic E-state index is 12.9. The van der Waals surface area contributed by atoms with Crippen LogP contribution in [0.4, 0.5) is 4.39 Å². The van der Waals surface area contributed by atoms with Gasteiger partial charge in [0.05, 0.1) is 10.6 Å². The topological polar surface area (TPSA) is 68.3 Å². The molecule has 0 atom stereocenters. The van der Waals surface area contributed by atoms with Crippen LogP contribution in [0.2, 0.25) is 5.02 Å². The SMILES string of the molecule is CNC(=O)c1cncc(/C=C/C(=O)OCc2ccc(F)cc2Cl)c1. The summed E-state index contributed by atoms with van der Waals surface area (Å²) in [4.78, 5) is 27.2. The van der Waals surface area contributed by atoms with Crippen molar-refractivity contribution in [3.05, 3.63) is 70.3 Å². The van der Waals surface area contributed by atoms with Crippen molar-refractivity contribution in [2.24, 2.45) is 0 Å². The molecule has 1 amide bonds. The number of amides is 1. The number of nitrogens with zero attached hydrogens (tertiary/aromatic N) is 1. The fraction of sp³-hybridized carbons (Fsp3) is 0.118. The molecule has 0 saturated carbocycles. The molecule has 2 rings (SSSR count). The Hall–Kier alpha value is -2.73. The predicted octanol–water partition coefficient (Wildman–Crippen LogP) is 2.99. The molecule has 1 aromatic carbocycles. The lowest BCUT2D eigenvalue weighted by atomic mass is 10.2. The van der Waals surface area contributed by atoms with Crippen LogP contribution in [0.1, 0.15) is 21.5 Å². The van der Waals surface area contributed by atoms with Crippen LogP contribution >= 0.6 is 11.6 Å². The van der Waals surface area contributed by atoms with Gasteiger partial charge < -0.3 is 10.1 Å². The van der Waals surface area contributed by atoms with Crippen molar-refractivity contribution in [3.63, 3.8) is 0 Å². The molecule has 0 spiro atoms. The van der Waals surface area contributed by atoms with E-state index in [1.165, 1.54) is 43.7 Å². The molecule has 1 heterocycles. The summed E-state index contributed by atoms with van der Waals surface area (Å²) in [6.07, 6.45) is 5.62. The highest BCUT2D eigenvalue weighted by molar-refractivity contribution is 6.31. The average Bonchev–Trinajstić information content (AvgIpc) is 2.58. The van der Waals surface area contributed by atoms with Gasteiger partial charge in [-0.1, -0.05) is 17.7 Å². The zero-order chi connectivity index (χ0) is 17.5. The number of rotatable bonds is 5. The molecule has 0 fully saturated rings. The second-order valence-corrected chi connectivity index (χ2v) is 5.17. The van der Waals surface area contributed by atoms with Crippen molar-refractivity contribution < 1.29 is 18.7 Å². The molecule has 0 aliphatic heterocycles. The monoisotopic (exact) mass is 348 g/mol. The van der Waals surface area contributed by atoms with Crippen LogP contribution in [0.25, 0.3) is 6.08 Å². The van der Waals surface area contributed by atoms with Crippen molar-refractivity contribution in [1.82, 2.24) is 10.3 Å². The van der Waals surface area contributed by atoms with E-state index in [0.717, 1.165) is 6.07 Å². The first-order valence-electron chi connectivity index (χ1n) is 6.95. The maximum atomic E-state index is 12.9. The summed E-state index contributed by atoms with van der Waals surface area (Å²) >= 11 is 5.85. The van der Waals surface area contributed by atoms with E-state index in [0.29, 0.717) is 16.7 Å². The molecule has 0 aliphatic carbocycles. The summed E-state index contributed by atoms with van der Waals surface area (Å²) in [7, 11) is 1.52. The first-order chi connectivity index (χ1) is 11.5. The fourth-order valence-electron chi connectivity index (χ4n) is 1.82. The minimum atomic E-state index is -0.597. The molecule has 5 nitrogen and oxygen atoms in total. The number of nitrogens with one attached hydrogen (secondary N) is 1. The molecule has 1 N–H and O–H groups in total. The van der Waals surface area contributed by atoms with Gasteiger partial charge in [-0.2, -0.15) is 0 Å². The number of ether oxygens (including phenoxy) is 1. The van der Waals surface area contributed by atoms with Crippen LogP contribution in [0.3, 0.4) is 0 Å². The standard InChI is InChI=1S/C17H14ClFN2O3/c1-20-17(23)13-6-11(8-21-9-13)2-5-16(22)24-10-12-3-4-14(19)7-15(12)18/h2-9H,10H2,1H3,(H,20,23)/b5-2+. The third-order valence-electron chi connectivity index (χ3n) is 3.05. The number of carbonyl (C=O) groups excluding carboxylic acids is 2. The molecule has 1 aromatic heterocycles. The van der Waals surface area contributed by atoms with Gasteiger partial charge in [-0.3, -0.25) is 9.78 Å². The maximum Gasteiger partial charge on any atom is 0.331 e. The Morgan fingerprint density at radius 2 is 2.12 bits per heavy atom. The molecule has 0 aliphatic rings. The van der Waals surface area contributed by atoms with Crippen LogP contribution in [0.5, 0.6) is 0 Å². The zero-order valence-corrected chi connectivity index (χ0v) is 13.5. The summed E-state index contributed by atoms with van der Waals surface area (Å²) in [5.41, 5.74) is 1.46. The molecule has 24 heavy (non-hydrogen) atoms. The first-order valence-corrected chi connectivity index (χ1v) is 7.33. The predicted molar refractivity (Wildman–Crippen MR) is 87.9 cm³/mol. The Bertz CT molecular complexity index is 793. The van der Waals surface area contributed by atoms with Crippen LogP contribution in [0.15, 0.2) is 42.7 Å². The van der Waals surface area contributed by atoms with E-state index in [9.17, 15) is 14.0 Å². The number of pyridine rings is 1. The Labute approximate surface area is 143 Å². The number of carbonyl (C=O) groups is 2. The lowest BCUT2D eigenvalue weighted by molar-refractivity contribution is -0.138. The quantitative estimate of drug-likeness (QED) is 0.666. The fourth-order valence-corrected chi connectivity index (χ4v) is 2.04. The number of hydrogen-bond donors (Lipinski definition) is 1. The van der Waals surface area contributed by atoms with E-state index >= 15 is 0 Å². The minimum absolute atomic E-state index is 0.0706. The van der Waals surface area contributed by atoms with Crippen molar-refractivity contribution in [2.75, 3.05) is 7.05 Å². The minimum Gasteiger partial charge on any atom is -0.458 e. The van der Waals surface area contributed by atoms with E-state index in [1.54, 1.807) is 6.07 Å². The van der Waals surface area contributed by atoms with E-state index in [1.807, 2.05) is 0 Å². The van der Waals surface area contributed by atoms with Gasteiger partial charge in [0.1, 0.15) is 12.4 Å². The molecule has 2 aromatic rings. The highest BCUT2D eigenvalue weighted by Gasteiger charge is 2.06. The summed E-state index contributed by atoms with van der Waals surface area (Å²) in [6.45, 7) is -0.0706. The van der Waals surface area contributed by atoms with E-state index in [2.05, 4.69) is 10.3 Å². The van der Waals surface area contributed by atoms with Crippen molar-refractivity contribution >= 4 is 29.6 Å². The van der Waals surface area contributed by atoms with Crippen molar-refractivity contribution in [1.29, 1.82) is 0 Å². The number of halogens is 2. The van der Waals surface area contributed by atoms with E-state index in [-0.39, 0.29) is 17.5 Å². The molecule has 0 bridgehead atoms. The van der Waals surface area contributed by atoms with Crippen LogP contribution in [-0.2, 0) is 16.1 Å². The summed E-state index contributed by atoms with van der Waals surface area (Å²) in [5, 5.41) is 2.68. The number of aromatic nitrogens is 1. The van der Waals surface area contributed by atoms with Crippen LogP contribution in [-0.4, -0.2) is 23.9 Å². The van der Waals surface area contributed by atoms with Crippen molar-refractivity contribution in [2.45, 2.75) is 6.61 Å². The number of hydrogen-bond acceptors (Lipinski definition) is 4. The van der Waals surface area contributed by atoms with Crippen LogP contribution < -0.4 is 5.32 Å². The Kier molecular flexibility index (Phi) is 6.03. The van der Waals surface area contributed by atoms with E-state index < -0.39 is 11.8 Å². The third-order valence-corrected chi connectivity index (χ3v) is 3.40. The van der Waals surface area contributed by atoms with Gasteiger partial charge >= 0.3 is 5.97 Å². The van der Waals surface area contributed by atoms with Gasteiger partial charge in [-0.25, -0.2) is 9.18 Å². The zero-order valence-electron chi connectivity index (χ0n) is 12.8. The second-order valence-electron chi connectivity index (χ2n) is 4.76. The molecule has 7 heteroatoms. The third kappa shape index (κ3) is 4.89. The second kappa shape index (κ2) is 8.21. The lowest BCUT2D eigenvalue weighted by Gasteiger charge is -2.04.